The average Bonchev–Trinajstić information content (AvgIpc) is 3.03. The smallest absolute Gasteiger partial charge is 0.261 e. The van der Waals surface area contributed by atoms with Gasteiger partial charge in [-0.1, -0.05) is 6.42 Å². The number of aromatic amines is 1. The van der Waals surface area contributed by atoms with Crippen molar-refractivity contribution in [3.63, 3.8) is 0 Å². The van der Waals surface area contributed by atoms with Gasteiger partial charge < -0.3 is 20.5 Å². The maximum atomic E-state index is 13.6. The molecule has 2 amide bonds. The summed E-state index contributed by atoms with van der Waals surface area (Å²) < 4.78 is 13.6. The number of nitrogens with one attached hydrogen (secondary N) is 3. The number of halogens is 2. The standard InChI is InChI=1S/C22H23FN4O3.ClH/c23-14-4-7-19-17(12-14)18(22(30)26-19)13-15-5-6-16(21(29)25-15)20(28)24-8-11-27-9-2-1-3-10-27;/h4-7,12-13H,1-3,8-11H2,(H,24,28)(H,25,29)(H,26,30);1H/b18-13-;. The van der Waals surface area contributed by atoms with Crippen LogP contribution in [0.3, 0.4) is 0 Å². The van der Waals surface area contributed by atoms with Crippen LogP contribution in [0.5, 0.6) is 0 Å². The molecule has 1 aromatic heterocycles. The second kappa shape index (κ2) is 9.89. The van der Waals surface area contributed by atoms with E-state index in [1.165, 1.54) is 49.6 Å². The molecule has 3 N–H and O–H groups in total. The Labute approximate surface area is 185 Å². The minimum absolute atomic E-state index is 0. The SMILES string of the molecule is Cl.O=C1Nc2ccc(F)cc2/C1=C/c1ccc(C(=O)NCCN2CCCCC2)c(=O)[nH]1. The zero-order valence-corrected chi connectivity index (χ0v) is 17.7. The molecular formula is C22H24ClFN4O3. The number of pyridine rings is 1. The lowest BCUT2D eigenvalue weighted by molar-refractivity contribution is -0.110. The minimum atomic E-state index is -0.544. The fourth-order valence-electron chi connectivity index (χ4n) is 3.82. The quantitative estimate of drug-likeness (QED) is 0.615. The Hall–Kier alpha value is -2.97. The lowest BCUT2D eigenvalue weighted by Crippen LogP contribution is -2.38. The number of carbonyl (C=O) groups excluding carboxylic acids is 2. The molecule has 0 unspecified atom stereocenters. The number of nitrogens with zero attached hydrogens (tertiary/aromatic N) is 1. The third kappa shape index (κ3) is 5.21. The molecule has 2 aliphatic heterocycles. The zero-order valence-electron chi connectivity index (χ0n) is 16.9. The summed E-state index contributed by atoms with van der Waals surface area (Å²) in [5.41, 5.74) is 1.02. The molecule has 2 aliphatic rings. The van der Waals surface area contributed by atoms with Gasteiger partial charge in [0.25, 0.3) is 17.4 Å². The number of rotatable bonds is 5. The number of H-pyrrole nitrogens is 1. The van der Waals surface area contributed by atoms with E-state index < -0.39 is 17.3 Å². The van der Waals surface area contributed by atoms with E-state index in [2.05, 4.69) is 20.5 Å². The van der Waals surface area contributed by atoms with E-state index in [1.54, 1.807) is 6.07 Å². The second-order valence-corrected chi connectivity index (χ2v) is 7.52. The van der Waals surface area contributed by atoms with Crippen molar-refractivity contribution >= 4 is 41.6 Å². The summed E-state index contributed by atoms with van der Waals surface area (Å²) in [6.07, 6.45) is 5.09. The van der Waals surface area contributed by atoms with Crippen molar-refractivity contribution in [3.05, 3.63) is 63.3 Å². The number of likely N-dealkylation sites (tertiary alicyclic amines) is 1. The van der Waals surface area contributed by atoms with E-state index in [0.717, 1.165) is 19.6 Å². The summed E-state index contributed by atoms with van der Waals surface area (Å²) in [5.74, 6) is -1.27. The number of hydrogen-bond donors (Lipinski definition) is 3. The van der Waals surface area contributed by atoms with E-state index in [1.807, 2.05) is 0 Å². The van der Waals surface area contributed by atoms with Gasteiger partial charge in [-0.2, -0.15) is 0 Å². The molecule has 0 spiro atoms. The molecule has 0 aliphatic carbocycles. The van der Waals surface area contributed by atoms with Crippen molar-refractivity contribution in [3.8, 4) is 0 Å². The van der Waals surface area contributed by atoms with Crippen LogP contribution in [0.2, 0.25) is 0 Å². The fraction of sp³-hybridized carbons (Fsp3) is 0.318. The molecular weight excluding hydrogens is 423 g/mol. The maximum absolute atomic E-state index is 13.6. The Kier molecular flexibility index (Phi) is 7.25. The Balaban J connectivity index is 0.00000272. The van der Waals surface area contributed by atoms with Crippen LogP contribution in [0.4, 0.5) is 10.1 Å². The lowest BCUT2D eigenvalue weighted by atomic mass is 10.1. The van der Waals surface area contributed by atoms with Gasteiger partial charge in [-0.05, 0) is 62.3 Å². The van der Waals surface area contributed by atoms with Gasteiger partial charge in [0.05, 0.1) is 5.57 Å². The summed E-state index contributed by atoms with van der Waals surface area (Å²) in [6.45, 7) is 3.33. The first-order valence-electron chi connectivity index (χ1n) is 10.1. The van der Waals surface area contributed by atoms with Gasteiger partial charge in [0.2, 0.25) is 0 Å². The molecule has 2 aromatic rings. The normalized spacial score (nSPS) is 17.1. The maximum Gasteiger partial charge on any atom is 0.261 e. The highest BCUT2D eigenvalue weighted by Gasteiger charge is 2.24. The number of benzene rings is 1. The predicted octanol–water partition coefficient (Wildman–Crippen LogP) is 2.64. The number of fused-ring (bicyclic) bond motifs is 1. The summed E-state index contributed by atoms with van der Waals surface area (Å²) >= 11 is 0. The second-order valence-electron chi connectivity index (χ2n) is 7.52. The topological polar surface area (TPSA) is 94.3 Å². The van der Waals surface area contributed by atoms with Crippen molar-refractivity contribution in [2.75, 3.05) is 31.5 Å². The van der Waals surface area contributed by atoms with E-state index >= 15 is 0 Å². The van der Waals surface area contributed by atoms with Crippen LogP contribution >= 0.6 is 12.4 Å². The van der Waals surface area contributed by atoms with Crippen LogP contribution in [0, 0.1) is 5.82 Å². The van der Waals surface area contributed by atoms with Crippen LogP contribution < -0.4 is 16.2 Å². The molecule has 164 valence electrons. The van der Waals surface area contributed by atoms with Gasteiger partial charge in [0, 0.05) is 30.0 Å². The number of anilines is 1. The van der Waals surface area contributed by atoms with Crippen molar-refractivity contribution in [1.29, 1.82) is 0 Å². The van der Waals surface area contributed by atoms with E-state index in [9.17, 15) is 18.8 Å². The van der Waals surface area contributed by atoms with Gasteiger partial charge >= 0.3 is 0 Å². The number of carbonyl (C=O) groups is 2. The van der Waals surface area contributed by atoms with Crippen LogP contribution in [0.25, 0.3) is 11.6 Å². The summed E-state index contributed by atoms with van der Waals surface area (Å²) in [6, 6.07) is 7.01. The molecule has 0 atom stereocenters. The largest absolute Gasteiger partial charge is 0.351 e. The summed E-state index contributed by atoms with van der Waals surface area (Å²) in [5, 5.41) is 5.44. The van der Waals surface area contributed by atoms with Crippen molar-refractivity contribution < 1.29 is 14.0 Å². The Bertz CT molecular complexity index is 1080. The Morgan fingerprint density at radius 2 is 1.90 bits per heavy atom. The molecule has 0 saturated carbocycles. The molecule has 4 rings (SSSR count). The van der Waals surface area contributed by atoms with Crippen LogP contribution in [0.1, 0.15) is 40.9 Å². The third-order valence-corrected chi connectivity index (χ3v) is 5.40. The van der Waals surface area contributed by atoms with Crippen LogP contribution in [0.15, 0.2) is 35.1 Å². The van der Waals surface area contributed by atoms with Gasteiger partial charge in [-0.15, -0.1) is 12.4 Å². The minimum Gasteiger partial charge on any atom is -0.351 e. The lowest BCUT2D eigenvalue weighted by Gasteiger charge is -2.26. The first-order chi connectivity index (χ1) is 14.5. The average molecular weight is 447 g/mol. The molecule has 0 bridgehead atoms. The molecule has 1 saturated heterocycles. The van der Waals surface area contributed by atoms with E-state index in [-0.39, 0.29) is 29.5 Å². The predicted molar refractivity (Wildman–Crippen MR) is 120 cm³/mol. The molecule has 9 heteroatoms. The molecule has 31 heavy (non-hydrogen) atoms. The third-order valence-electron chi connectivity index (χ3n) is 5.40. The molecule has 3 heterocycles. The van der Waals surface area contributed by atoms with E-state index in [0.29, 0.717) is 23.5 Å². The number of aromatic nitrogens is 1. The monoisotopic (exact) mass is 446 g/mol. The summed E-state index contributed by atoms with van der Waals surface area (Å²) in [7, 11) is 0. The summed E-state index contributed by atoms with van der Waals surface area (Å²) in [4.78, 5) is 41.8. The van der Waals surface area contributed by atoms with Gasteiger partial charge in [0.15, 0.2) is 0 Å². The Morgan fingerprint density at radius 1 is 1.13 bits per heavy atom. The highest BCUT2D eigenvalue weighted by molar-refractivity contribution is 6.34. The molecule has 1 aromatic carbocycles. The van der Waals surface area contributed by atoms with Crippen LogP contribution in [-0.2, 0) is 4.79 Å². The zero-order chi connectivity index (χ0) is 21.1. The highest BCUT2D eigenvalue weighted by atomic mass is 35.5. The van der Waals surface area contributed by atoms with Crippen LogP contribution in [-0.4, -0.2) is 47.9 Å². The van der Waals surface area contributed by atoms with Crippen molar-refractivity contribution in [2.24, 2.45) is 0 Å². The van der Waals surface area contributed by atoms with Gasteiger partial charge in [-0.3, -0.25) is 14.4 Å². The fourth-order valence-corrected chi connectivity index (χ4v) is 3.82. The Morgan fingerprint density at radius 3 is 2.65 bits per heavy atom. The highest BCUT2D eigenvalue weighted by Crippen LogP contribution is 2.33. The first-order valence-corrected chi connectivity index (χ1v) is 10.1. The van der Waals surface area contributed by atoms with E-state index in [4.69, 9.17) is 0 Å². The number of amides is 2. The molecule has 1 fully saturated rings. The van der Waals surface area contributed by atoms with Crippen molar-refractivity contribution in [2.45, 2.75) is 19.3 Å². The first kappa shape index (κ1) is 22.7. The molecule has 7 nitrogen and oxygen atoms in total. The molecule has 0 radical (unpaired) electrons. The van der Waals surface area contributed by atoms with Gasteiger partial charge in [-0.25, -0.2) is 4.39 Å². The number of hydrogen-bond acceptors (Lipinski definition) is 4. The van der Waals surface area contributed by atoms with Crippen molar-refractivity contribution in [1.82, 2.24) is 15.2 Å². The van der Waals surface area contributed by atoms with Gasteiger partial charge in [0.1, 0.15) is 11.4 Å². The number of piperidine rings is 1.